The Bertz CT molecular complexity index is 400. The summed E-state index contributed by atoms with van der Waals surface area (Å²) in [4.78, 5) is 27.4. The standard InChI is InChI=1S/C14H24N2O4/c1-3-14(11(17)18)5-4-8-16(14)12(19)15-9-6-13(2,20)7-10-15/h20H,3-10H2,1-2H3,(H,17,18). The third kappa shape index (κ3) is 2.49. The fourth-order valence-corrected chi connectivity index (χ4v) is 3.25. The molecule has 1 unspecified atom stereocenters. The van der Waals surface area contributed by atoms with Gasteiger partial charge in [0.25, 0.3) is 0 Å². The maximum atomic E-state index is 12.6. The predicted octanol–water partition coefficient (Wildman–Crippen LogP) is 1.28. The molecular formula is C14H24N2O4. The second-order valence-corrected chi connectivity index (χ2v) is 6.21. The molecule has 2 saturated heterocycles. The van der Waals surface area contributed by atoms with Crippen LogP contribution >= 0.6 is 0 Å². The number of piperidine rings is 1. The van der Waals surface area contributed by atoms with E-state index in [-0.39, 0.29) is 6.03 Å². The van der Waals surface area contributed by atoms with Crippen molar-refractivity contribution in [3.63, 3.8) is 0 Å². The Hall–Kier alpha value is -1.30. The fourth-order valence-electron chi connectivity index (χ4n) is 3.25. The zero-order valence-corrected chi connectivity index (χ0v) is 12.3. The van der Waals surface area contributed by atoms with Gasteiger partial charge in [-0.3, -0.25) is 0 Å². The number of carboxylic acid groups (broad SMARTS) is 1. The highest BCUT2D eigenvalue weighted by molar-refractivity contribution is 5.87. The second-order valence-electron chi connectivity index (χ2n) is 6.21. The lowest BCUT2D eigenvalue weighted by Gasteiger charge is -2.41. The summed E-state index contributed by atoms with van der Waals surface area (Å²) in [6, 6.07) is -0.192. The summed E-state index contributed by atoms with van der Waals surface area (Å²) >= 11 is 0. The lowest BCUT2D eigenvalue weighted by atomic mass is 9.92. The van der Waals surface area contributed by atoms with Gasteiger partial charge in [0, 0.05) is 19.6 Å². The van der Waals surface area contributed by atoms with Gasteiger partial charge in [-0.15, -0.1) is 0 Å². The first-order chi connectivity index (χ1) is 9.32. The van der Waals surface area contributed by atoms with E-state index in [9.17, 15) is 19.8 Å². The van der Waals surface area contributed by atoms with Crippen LogP contribution in [0.3, 0.4) is 0 Å². The number of urea groups is 1. The lowest BCUT2D eigenvalue weighted by molar-refractivity contribution is -0.148. The Morgan fingerprint density at radius 3 is 2.25 bits per heavy atom. The van der Waals surface area contributed by atoms with Gasteiger partial charge in [0.15, 0.2) is 0 Å². The van der Waals surface area contributed by atoms with Crippen molar-refractivity contribution in [1.82, 2.24) is 9.80 Å². The summed E-state index contributed by atoms with van der Waals surface area (Å²) in [5.74, 6) is -0.908. The minimum atomic E-state index is -1.04. The molecule has 0 aliphatic carbocycles. The van der Waals surface area contributed by atoms with Crippen LogP contribution in [0, 0.1) is 0 Å². The van der Waals surface area contributed by atoms with Gasteiger partial charge in [-0.25, -0.2) is 9.59 Å². The van der Waals surface area contributed by atoms with Crippen LogP contribution in [-0.4, -0.2) is 62.8 Å². The molecule has 0 aromatic rings. The molecule has 2 aliphatic rings. The molecule has 2 rings (SSSR count). The number of carbonyl (C=O) groups is 2. The molecule has 6 nitrogen and oxygen atoms in total. The number of hydrogen-bond acceptors (Lipinski definition) is 3. The predicted molar refractivity (Wildman–Crippen MR) is 73.4 cm³/mol. The molecule has 2 N–H and O–H groups in total. The highest BCUT2D eigenvalue weighted by atomic mass is 16.4. The van der Waals surface area contributed by atoms with E-state index in [1.165, 1.54) is 4.90 Å². The SMILES string of the molecule is CCC1(C(=O)O)CCCN1C(=O)N1CCC(C)(O)CC1. The van der Waals surface area contributed by atoms with E-state index in [0.29, 0.717) is 45.3 Å². The Balaban J connectivity index is 2.11. The van der Waals surface area contributed by atoms with Gasteiger partial charge >= 0.3 is 12.0 Å². The molecule has 0 radical (unpaired) electrons. The van der Waals surface area contributed by atoms with E-state index in [1.54, 1.807) is 11.8 Å². The van der Waals surface area contributed by atoms with Crippen LogP contribution in [0.1, 0.15) is 46.0 Å². The van der Waals surface area contributed by atoms with Crippen molar-refractivity contribution in [2.24, 2.45) is 0 Å². The van der Waals surface area contributed by atoms with Crippen molar-refractivity contribution in [3.8, 4) is 0 Å². The van der Waals surface area contributed by atoms with Gasteiger partial charge in [0.2, 0.25) is 0 Å². The van der Waals surface area contributed by atoms with Crippen molar-refractivity contribution >= 4 is 12.0 Å². The smallest absolute Gasteiger partial charge is 0.329 e. The first kappa shape index (κ1) is 15.1. The number of likely N-dealkylation sites (tertiary alicyclic amines) is 2. The fraction of sp³-hybridized carbons (Fsp3) is 0.857. The number of amides is 2. The average Bonchev–Trinajstić information content (AvgIpc) is 2.83. The number of nitrogens with zero attached hydrogens (tertiary/aromatic N) is 2. The maximum Gasteiger partial charge on any atom is 0.329 e. The van der Waals surface area contributed by atoms with Gasteiger partial charge in [-0.2, -0.15) is 0 Å². The monoisotopic (exact) mass is 284 g/mol. The van der Waals surface area contributed by atoms with E-state index < -0.39 is 17.1 Å². The van der Waals surface area contributed by atoms with Crippen LogP contribution in [-0.2, 0) is 4.79 Å². The number of rotatable bonds is 2. The van der Waals surface area contributed by atoms with Crippen LogP contribution in [0.25, 0.3) is 0 Å². The highest BCUT2D eigenvalue weighted by Crippen LogP contribution is 2.34. The van der Waals surface area contributed by atoms with Crippen LogP contribution < -0.4 is 0 Å². The first-order valence-electron chi connectivity index (χ1n) is 7.35. The largest absolute Gasteiger partial charge is 0.479 e. The third-order valence-corrected chi connectivity index (χ3v) is 4.81. The number of hydrogen-bond donors (Lipinski definition) is 2. The van der Waals surface area contributed by atoms with Crippen LogP contribution in [0.2, 0.25) is 0 Å². The zero-order valence-electron chi connectivity index (χ0n) is 12.3. The van der Waals surface area contributed by atoms with Gasteiger partial charge in [-0.05, 0) is 39.0 Å². The van der Waals surface area contributed by atoms with Crippen LogP contribution in [0.15, 0.2) is 0 Å². The molecule has 2 fully saturated rings. The Labute approximate surface area is 119 Å². The molecule has 2 heterocycles. The number of aliphatic carboxylic acids is 1. The van der Waals surface area contributed by atoms with Gasteiger partial charge in [0.05, 0.1) is 5.60 Å². The first-order valence-corrected chi connectivity index (χ1v) is 7.35. The minimum absolute atomic E-state index is 0.192. The average molecular weight is 284 g/mol. The van der Waals surface area contributed by atoms with Gasteiger partial charge in [-0.1, -0.05) is 6.92 Å². The summed E-state index contributed by atoms with van der Waals surface area (Å²) in [7, 11) is 0. The van der Waals surface area contributed by atoms with Gasteiger partial charge in [0.1, 0.15) is 5.54 Å². The van der Waals surface area contributed by atoms with E-state index >= 15 is 0 Å². The minimum Gasteiger partial charge on any atom is -0.479 e. The van der Waals surface area contributed by atoms with Gasteiger partial charge < -0.3 is 20.0 Å². The van der Waals surface area contributed by atoms with Crippen molar-refractivity contribution in [2.75, 3.05) is 19.6 Å². The summed E-state index contributed by atoms with van der Waals surface area (Å²) in [5, 5.41) is 19.4. The molecule has 2 amide bonds. The lowest BCUT2D eigenvalue weighted by Crippen LogP contribution is -2.58. The molecule has 0 spiro atoms. The molecular weight excluding hydrogens is 260 g/mol. The Morgan fingerprint density at radius 2 is 1.75 bits per heavy atom. The van der Waals surface area contributed by atoms with Crippen molar-refractivity contribution < 1.29 is 19.8 Å². The summed E-state index contributed by atoms with van der Waals surface area (Å²) in [6.07, 6.45) is 2.77. The van der Waals surface area contributed by atoms with Crippen molar-refractivity contribution in [1.29, 1.82) is 0 Å². The topological polar surface area (TPSA) is 81.1 Å². The molecule has 0 saturated carbocycles. The molecule has 2 aliphatic heterocycles. The number of aliphatic hydroxyl groups is 1. The van der Waals surface area contributed by atoms with E-state index in [4.69, 9.17) is 0 Å². The maximum absolute atomic E-state index is 12.6. The number of carbonyl (C=O) groups excluding carboxylic acids is 1. The zero-order chi connectivity index (χ0) is 15.0. The molecule has 0 bridgehead atoms. The quantitative estimate of drug-likeness (QED) is 0.800. The van der Waals surface area contributed by atoms with Crippen LogP contribution in [0.4, 0.5) is 4.79 Å². The normalized spacial score (nSPS) is 29.6. The summed E-state index contributed by atoms with van der Waals surface area (Å²) in [6.45, 7) is 5.08. The van der Waals surface area contributed by atoms with E-state index in [2.05, 4.69) is 0 Å². The molecule has 1 atom stereocenters. The molecule has 114 valence electrons. The summed E-state index contributed by atoms with van der Waals surface area (Å²) < 4.78 is 0. The third-order valence-electron chi connectivity index (χ3n) is 4.81. The Morgan fingerprint density at radius 1 is 1.15 bits per heavy atom. The Kier molecular flexibility index (Phi) is 3.95. The molecule has 0 aromatic carbocycles. The van der Waals surface area contributed by atoms with Crippen LogP contribution in [0.5, 0.6) is 0 Å². The molecule has 20 heavy (non-hydrogen) atoms. The van der Waals surface area contributed by atoms with Crippen molar-refractivity contribution in [2.45, 2.75) is 57.1 Å². The molecule has 6 heteroatoms. The number of carboxylic acids is 1. The van der Waals surface area contributed by atoms with Crippen molar-refractivity contribution in [3.05, 3.63) is 0 Å². The van der Waals surface area contributed by atoms with E-state index in [0.717, 1.165) is 6.42 Å². The second kappa shape index (κ2) is 5.24. The highest BCUT2D eigenvalue weighted by Gasteiger charge is 2.50. The molecule has 0 aromatic heterocycles. The van der Waals surface area contributed by atoms with E-state index in [1.807, 2.05) is 6.92 Å². The summed E-state index contributed by atoms with van der Waals surface area (Å²) in [5.41, 5.74) is -1.76.